The minimum Gasteiger partial charge on any atom is -0.301 e. The van der Waals surface area contributed by atoms with Crippen LogP contribution in [0.5, 0.6) is 0 Å². The molecular formula is C14H20BrFN2O2S. The molecule has 0 spiro atoms. The molecule has 0 amide bonds. The van der Waals surface area contributed by atoms with Gasteiger partial charge in [0.05, 0.1) is 0 Å². The third kappa shape index (κ3) is 4.25. The van der Waals surface area contributed by atoms with E-state index in [0.717, 1.165) is 32.0 Å². The van der Waals surface area contributed by atoms with Crippen molar-refractivity contribution in [1.82, 2.24) is 9.62 Å². The summed E-state index contributed by atoms with van der Waals surface area (Å²) in [5.41, 5.74) is 0. The molecule has 21 heavy (non-hydrogen) atoms. The van der Waals surface area contributed by atoms with Crippen molar-refractivity contribution >= 4 is 26.0 Å². The molecule has 0 aromatic heterocycles. The number of benzene rings is 1. The fraction of sp³-hybridized carbons (Fsp3) is 0.571. The zero-order chi connectivity index (χ0) is 15.6. The van der Waals surface area contributed by atoms with Crippen LogP contribution in [0.3, 0.4) is 0 Å². The van der Waals surface area contributed by atoms with Gasteiger partial charge in [0.15, 0.2) is 0 Å². The molecule has 4 nitrogen and oxygen atoms in total. The summed E-state index contributed by atoms with van der Waals surface area (Å²) in [6, 6.07) is 4.31. The zero-order valence-corrected chi connectivity index (χ0v) is 14.5. The van der Waals surface area contributed by atoms with Crippen LogP contribution in [0.25, 0.3) is 0 Å². The molecule has 1 heterocycles. The Morgan fingerprint density at radius 1 is 1.33 bits per heavy atom. The highest BCUT2D eigenvalue weighted by Gasteiger charge is 2.27. The van der Waals surface area contributed by atoms with Gasteiger partial charge in [0, 0.05) is 16.6 Å². The largest absolute Gasteiger partial charge is 0.301 e. The lowest BCUT2D eigenvalue weighted by atomic mass is 10.1. The van der Waals surface area contributed by atoms with Crippen molar-refractivity contribution in [2.45, 2.75) is 43.7 Å². The first-order valence-corrected chi connectivity index (χ1v) is 9.28. The number of rotatable bonds is 4. The molecule has 2 rings (SSSR count). The van der Waals surface area contributed by atoms with Crippen molar-refractivity contribution in [2.24, 2.45) is 0 Å². The Labute approximate surface area is 133 Å². The maximum atomic E-state index is 13.8. The first-order chi connectivity index (χ1) is 9.79. The van der Waals surface area contributed by atoms with Gasteiger partial charge in [-0.05, 0) is 58.0 Å². The number of sulfonamides is 1. The van der Waals surface area contributed by atoms with Crippen molar-refractivity contribution in [1.29, 1.82) is 0 Å². The third-order valence-electron chi connectivity index (χ3n) is 3.77. The van der Waals surface area contributed by atoms with E-state index in [1.807, 2.05) is 0 Å². The van der Waals surface area contributed by atoms with Crippen molar-refractivity contribution in [2.75, 3.05) is 13.1 Å². The summed E-state index contributed by atoms with van der Waals surface area (Å²) in [7, 11) is -3.81. The number of halogens is 2. The summed E-state index contributed by atoms with van der Waals surface area (Å²) in [6.07, 6.45) is 1.49. The molecule has 118 valence electrons. The second-order valence-corrected chi connectivity index (χ2v) is 8.20. The van der Waals surface area contributed by atoms with E-state index in [2.05, 4.69) is 39.4 Å². The van der Waals surface area contributed by atoms with Crippen LogP contribution in [-0.4, -0.2) is 38.5 Å². The van der Waals surface area contributed by atoms with Crippen LogP contribution in [0.1, 0.15) is 26.7 Å². The predicted molar refractivity (Wildman–Crippen MR) is 84.2 cm³/mol. The number of nitrogens with zero attached hydrogens (tertiary/aromatic N) is 1. The monoisotopic (exact) mass is 378 g/mol. The number of hydrogen-bond donors (Lipinski definition) is 1. The summed E-state index contributed by atoms with van der Waals surface area (Å²) in [5, 5.41) is 0. The Kier molecular flexibility index (Phi) is 5.40. The van der Waals surface area contributed by atoms with E-state index < -0.39 is 15.8 Å². The number of piperidine rings is 1. The van der Waals surface area contributed by atoms with Crippen molar-refractivity contribution in [3.8, 4) is 0 Å². The molecule has 1 N–H and O–H groups in total. The van der Waals surface area contributed by atoms with Crippen LogP contribution in [0.2, 0.25) is 0 Å². The first-order valence-electron chi connectivity index (χ1n) is 7.01. The minimum atomic E-state index is -3.81. The predicted octanol–water partition coefficient (Wildman–Crippen LogP) is 2.74. The average molecular weight is 379 g/mol. The molecule has 0 unspecified atom stereocenters. The van der Waals surface area contributed by atoms with Crippen molar-refractivity contribution in [3.63, 3.8) is 0 Å². The number of nitrogens with one attached hydrogen (secondary N) is 1. The Bertz CT molecular complexity index is 599. The standard InChI is InChI=1S/C14H20BrFN2O2S/c1-10(2)18-7-5-12(6-8-18)17-21(19,20)14-4-3-11(15)9-13(14)16/h3-4,9-10,12,17H,5-8H2,1-2H3. The SMILES string of the molecule is CC(C)N1CCC(NS(=O)(=O)c2ccc(Br)cc2F)CC1. The highest BCUT2D eigenvalue weighted by Crippen LogP contribution is 2.21. The topological polar surface area (TPSA) is 49.4 Å². The zero-order valence-electron chi connectivity index (χ0n) is 12.1. The van der Waals surface area contributed by atoms with Gasteiger partial charge in [-0.2, -0.15) is 0 Å². The van der Waals surface area contributed by atoms with E-state index in [1.165, 1.54) is 12.1 Å². The van der Waals surface area contributed by atoms with E-state index in [0.29, 0.717) is 10.5 Å². The van der Waals surface area contributed by atoms with Crippen molar-refractivity contribution < 1.29 is 12.8 Å². The van der Waals surface area contributed by atoms with Crippen LogP contribution < -0.4 is 4.72 Å². The summed E-state index contributed by atoms with van der Waals surface area (Å²) in [6.45, 7) is 5.96. The molecular weight excluding hydrogens is 359 g/mol. The summed E-state index contributed by atoms with van der Waals surface area (Å²) in [5.74, 6) is -0.739. The van der Waals surface area contributed by atoms with E-state index >= 15 is 0 Å². The van der Waals surface area contributed by atoms with Crippen molar-refractivity contribution in [3.05, 3.63) is 28.5 Å². The lowest BCUT2D eigenvalue weighted by molar-refractivity contribution is 0.168. The van der Waals surface area contributed by atoms with E-state index in [-0.39, 0.29) is 10.9 Å². The molecule has 0 atom stereocenters. The van der Waals surface area contributed by atoms with E-state index in [1.54, 1.807) is 0 Å². The number of hydrogen-bond acceptors (Lipinski definition) is 3. The first kappa shape index (κ1) is 16.9. The Morgan fingerprint density at radius 3 is 2.48 bits per heavy atom. The van der Waals surface area contributed by atoms with Gasteiger partial charge in [0.1, 0.15) is 10.7 Å². The van der Waals surface area contributed by atoms with Gasteiger partial charge in [-0.15, -0.1) is 0 Å². The molecule has 1 aliphatic rings. The maximum Gasteiger partial charge on any atom is 0.243 e. The molecule has 1 saturated heterocycles. The smallest absolute Gasteiger partial charge is 0.243 e. The highest BCUT2D eigenvalue weighted by molar-refractivity contribution is 9.10. The normalized spacial score (nSPS) is 18.3. The van der Waals surface area contributed by atoms with Crippen LogP contribution >= 0.6 is 15.9 Å². The highest BCUT2D eigenvalue weighted by atomic mass is 79.9. The van der Waals surface area contributed by atoms with Crippen LogP contribution in [-0.2, 0) is 10.0 Å². The van der Waals surface area contributed by atoms with Gasteiger partial charge in [0.2, 0.25) is 10.0 Å². The average Bonchev–Trinajstić information content (AvgIpc) is 2.38. The molecule has 0 saturated carbocycles. The van der Waals surface area contributed by atoms with Gasteiger partial charge in [-0.25, -0.2) is 17.5 Å². The maximum absolute atomic E-state index is 13.8. The van der Waals surface area contributed by atoms with Gasteiger partial charge in [0.25, 0.3) is 0 Å². The molecule has 1 aliphatic heterocycles. The molecule has 1 aromatic rings. The van der Waals surface area contributed by atoms with Crippen LogP contribution in [0.15, 0.2) is 27.6 Å². The lowest BCUT2D eigenvalue weighted by Crippen LogP contribution is -2.46. The Morgan fingerprint density at radius 2 is 1.95 bits per heavy atom. The molecule has 0 radical (unpaired) electrons. The van der Waals surface area contributed by atoms with E-state index in [9.17, 15) is 12.8 Å². The molecule has 7 heteroatoms. The van der Waals surface area contributed by atoms with Gasteiger partial charge >= 0.3 is 0 Å². The number of likely N-dealkylation sites (tertiary alicyclic amines) is 1. The minimum absolute atomic E-state index is 0.131. The molecule has 0 bridgehead atoms. The lowest BCUT2D eigenvalue weighted by Gasteiger charge is -2.34. The third-order valence-corrected chi connectivity index (χ3v) is 5.81. The summed E-state index contributed by atoms with van der Waals surface area (Å²) < 4.78 is 41.5. The van der Waals surface area contributed by atoms with Gasteiger partial charge < -0.3 is 4.90 Å². The Balaban J connectivity index is 2.05. The molecule has 1 fully saturated rings. The fourth-order valence-electron chi connectivity index (χ4n) is 2.51. The van der Waals surface area contributed by atoms with E-state index in [4.69, 9.17) is 0 Å². The van der Waals surface area contributed by atoms with Crippen LogP contribution in [0.4, 0.5) is 4.39 Å². The molecule has 0 aliphatic carbocycles. The Hall–Kier alpha value is -0.500. The quantitative estimate of drug-likeness (QED) is 0.875. The second kappa shape index (κ2) is 6.73. The second-order valence-electron chi connectivity index (χ2n) is 5.60. The molecule has 1 aromatic carbocycles. The fourth-order valence-corrected chi connectivity index (χ4v) is 4.21. The summed E-state index contributed by atoms with van der Waals surface area (Å²) >= 11 is 3.12. The van der Waals surface area contributed by atoms with Gasteiger partial charge in [-0.1, -0.05) is 15.9 Å². The van der Waals surface area contributed by atoms with Crippen LogP contribution in [0, 0.1) is 5.82 Å². The summed E-state index contributed by atoms with van der Waals surface area (Å²) in [4.78, 5) is 2.02. The van der Waals surface area contributed by atoms with Gasteiger partial charge in [-0.3, -0.25) is 0 Å².